The van der Waals surface area contributed by atoms with Crippen LogP contribution >= 0.6 is 0 Å². The van der Waals surface area contributed by atoms with Gasteiger partial charge in [0.05, 0.1) is 5.56 Å². The molecule has 1 aromatic carbocycles. The van der Waals surface area contributed by atoms with Crippen molar-refractivity contribution in [1.82, 2.24) is 20.4 Å². The van der Waals surface area contributed by atoms with Gasteiger partial charge in [0, 0.05) is 0 Å². The second kappa shape index (κ2) is 3.56. The fourth-order valence-corrected chi connectivity index (χ4v) is 1.07. The predicted octanol–water partition coefficient (Wildman–Crippen LogP) is 1.09. The van der Waals surface area contributed by atoms with Crippen LogP contribution in [-0.2, 0) is 0 Å². The topological polar surface area (TPSA) is 71.8 Å². The molecule has 0 atom stereocenters. The molecule has 0 fully saturated rings. The zero-order valence-corrected chi connectivity index (χ0v) is 7.85. The summed E-state index contributed by atoms with van der Waals surface area (Å²) in [4.78, 5) is 0. The van der Waals surface area contributed by atoms with Crippen LogP contribution in [0.4, 0.5) is 4.39 Å². The Morgan fingerprint density at radius 1 is 1.13 bits per heavy atom. The first-order chi connectivity index (χ1) is 7.16. The first kappa shape index (κ1) is 9.45. The molecular weight excluding hydrogens is 199 g/mol. The number of aromatic nitrogens is 4. The molecule has 0 saturated heterocycles. The van der Waals surface area contributed by atoms with Gasteiger partial charge in [0.15, 0.2) is 5.82 Å². The van der Waals surface area contributed by atoms with Gasteiger partial charge in [0.2, 0.25) is 5.82 Å². The molecule has 76 valence electrons. The van der Waals surface area contributed by atoms with Gasteiger partial charge >= 0.3 is 0 Å². The molecule has 0 radical (unpaired) electrons. The number of hydrogen-bond acceptors (Lipinski definition) is 5. The molecule has 0 unspecified atom stereocenters. The van der Waals surface area contributed by atoms with Crippen LogP contribution in [0.5, 0.6) is 5.75 Å². The van der Waals surface area contributed by atoms with Crippen LogP contribution in [0.15, 0.2) is 18.2 Å². The van der Waals surface area contributed by atoms with Crippen LogP contribution in [0.25, 0.3) is 11.4 Å². The largest absolute Gasteiger partial charge is 0.508 e. The molecule has 0 aliphatic heterocycles. The van der Waals surface area contributed by atoms with Crippen molar-refractivity contribution in [2.75, 3.05) is 0 Å². The first-order valence-electron chi connectivity index (χ1n) is 4.20. The molecular formula is C9H7FN4O. The minimum absolute atomic E-state index is 0.0500. The van der Waals surface area contributed by atoms with E-state index in [0.717, 1.165) is 6.07 Å². The number of benzene rings is 1. The number of aryl methyl sites for hydroxylation is 1. The minimum Gasteiger partial charge on any atom is -0.508 e. The molecule has 1 heterocycles. The summed E-state index contributed by atoms with van der Waals surface area (Å²) >= 11 is 0. The Bertz CT molecular complexity index is 486. The summed E-state index contributed by atoms with van der Waals surface area (Å²) in [5.74, 6) is -0.135. The lowest BCUT2D eigenvalue weighted by Gasteiger charge is -2.00. The maximum atomic E-state index is 13.3. The van der Waals surface area contributed by atoms with Crippen molar-refractivity contribution in [1.29, 1.82) is 0 Å². The maximum absolute atomic E-state index is 13.3. The van der Waals surface area contributed by atoms with E-state index in [-0.39, 0.29) is 17.1 Å². The van der Waals surface area contributed by atoms with Crippen molar-refractivity contribution in [3.05, 3.63) is 29.8 Å². The van der Waals surface area contributed by atoms with E-state index in [2.05, 4.69) is 20.4 Å². The molecule has 6 heteroatoms. The average molecular weight is 206 g/mol. The van der Waals surface area contributed by atoms with E-state index in [1.165, 1.54) is 12.1 Å². The number of aromatic hydroxyl groups is 1. The first-order valence-corrected chi connectivity index (χ1v) is 4.20. The molecule has 2 aromatic rings. The Morgan fingerprint density at radius 3 is 2.47 bits per heavy atom. The van der Waals surface area contributed by atoms with E-state index < -0.39 is 5.82 Å². The van der Waals surface area contributed by atoms with Gasteiger partial charge in [-0.15, -0.1) is 20.4 Å². The Balaban J connectivity index is 2.53. The van der Waals surface area contributed by atoms with E-state index in [9.17, 15) is 9.50 Å². The third-order valence-corrected chi connectivity index (χ3v) is 1.77. The van der Waals surface area contributed by atoms with Gasteiger partial charge in [-0.25, -0.2) is 4.39 Å². The molecule has 15 heavy (non-hydrogen) atoms. The molecule has 2 rings (SSSR count). The van der Waals surface area contributed by atoms with Crippen molar-refractivity contribution in [3.8, 4) is 17.1 Å². The number of halogens is 1. The van der Waals surface area contributed by atoms with E-state index in [4.69, 9.17) is 0 Å². The number of hydrogen-bond donors (Lipinski definition) is 1. The van der Waals surface area contributed by atoms with E-state index >= 15 is 0 Å². The normalized spacial score (nSPS) is 10.3. The van der Waals surface area contributed by atoms with Crippen molar-refractivity contribution >= 4 is 0 Å². The zero-order chi connectivity index (χ0) is 10.8. The highest BCUT2D eigenvalue weighted by molar-refractivity contribution is 5.57. The quantitative estimate of drug-likeness (QED) is 0.756. The minimum atomic E-state index is -0.528. The molecule has 0 bridgehead atoms. The number of rotatable bonds is 1. The van der Waals surface area contributed by atoms with Crippen LogP contribution in [0, 0.1) is 12.7 Å². The highest BCUT2D eigenvalue weighted by atomic mass is 19.1. The zero-order valence-electron chi connectivity index (χ0n) is 7.85. The summed E-state index contributed by atoms with van der Waals surface area (Å²) in [6.45, 7) is 1.63. The highest BCUT2D eigenvalue weighted by Gasteiger charge is 2.09. The lowest BCUT2D eigenvalue weighted by molar-refractivity contribution is 0.473. The molecule has 0 aliphatic carbocycles. The van der Waals surface area contributed by atoms with Crippen LogP contribution < -0.4 is 0 Å². The molecule has 0 amide bonds. The lowest BCUT2D eigenvalue weighted by Crippen LogP contribution is -1.99. The standard InChI is InChI=1S/C9H7FN4O/c1-5-11-13-9(14-12-5)7-4-6(15)2-3-8(7)10/h2-4,15H,1H3. The van der Waals surface area contributed by atoms with E-state index in [1.54, 1.807) is 6.92 Å². The van der Waals surface area contributed by atoms with Crippen LogP contribution in [0.3, 0.4) is 0 Å². The number of phenolic OH excluding ortho intramolecular Hbond substituents is 1. The number of phenols is 1. The third-order valence-electron chi connectivity index (χ3n) is 1.77. The maximum Gasteiger partial charge on any atom is 0.206 e. The van der Waals surface area contributed by atoms with Crippen LogP contribution in [0.1, 0.15) is 5.82 Å². The van der Waals surface area contributed by atoms with Crippen LogP contribution in [-0.4, -0.2) is 25.5 Å². The molecule has 5 nitrogen and oxygen atoms in total. The highest BCUT2D eigenvalue weighted by Crippen LogP contribution is 2.22. The molecule has 1 N–H and O–H groups in total. The Hall–Kier alpha value is -2.11. The van der Waals surface area contributed by atoms with Crippen LogP contribution in [0.2, 0.25) is 0 Å². The molecule has 0 aliphatic rings. The second-order valence-corrected chi connectivity index (χ2v) is 2.93. The van der Waals surface area contributed by atoms with Crippen molar-refractivity contribution in [2.24, 2.45) is 0 Å². The Morgan fingerprint density at radius 2 is 1.80 bits per heavy atom. The van der Waals surface area contributed by atoms with Gasteiger partial charge in [-0.1, -0.05) is 0 Å². The van der Waals surface area contributed by atoms with E-state index in [0.29, 0.717) is 5.82 Å². The van der Waals surface area contributed by atoms with Gasteiger partial charge in [-0.3, -0.25) is 0 Å². The summed E-state index contributed by atoms with van der Waals surface area (Å²) in [6.07, 6.45) is 0. The molecule has 1 aromatic heterocycles. The molecule has 0 spiro atoms. The third kappa shape index (κ3) is 1.88. The summed E-state index contributed by atoms with van der Waals surface area (Å²) < 4.78 is 13.3. The Labute approximate surface area is 84.6 Å². The summed E-state index contributed by atoms with van der Waals surface area (Å²) in [5.41, 5.74) is 0.0787. The SMILES string of the molecule is Cc1nnc(-c2cc(O)ccc2F)nn1. The van der Waals surface area contributed by atoms with Gasteiger partial charge in [-0.05, 0) is 25.1 Å². The smallest absolute Gasteiger partial charge is 0.206 e. The van der Waals surface area contributed by atoms with Crippen molar-refractivity contribution in [3.63, 3.8) is 0 Å². The van der Waals surface area contributed by atoms with Gasteiger partial charge in [0.25, 0.3) is 0 Å². The van der Waals surface area contributed by atoms with E-state index in [1.807, 2.05) is 0 Å². The molecule has 0 saturated carbocycles. The van der Waals surface area contributed by atoms with Crippen molar-refractivity contribution in [2.45, 2.75) is 6.92 Å². The fraction of sp³-hybridized carbons (Fsp3) is 0.111. The Kier molecular flexibility index (Phi) is 2.24. The summed E-state index contributed by atoms with van der Waals surface area (Å²) in [5, 5.41) is 23.9. The number of nitrogens with zero attached hydrogens (tertiary/aromatic N) is 4. The van der Waals surface area contributed by atoms with Crippen molar-refractivity contribution < 1.29 is 9.50 Å². The van der Waals surface area contributed by atoms with Gasteiger partial charge in [0.1, 0.15) is 11.6 Å². The second-order valence-electron chi connectivity index (χ2n) is 2.93. The fourth-order valence-electron chi connectivity index (χ4n) is 1.07. The lowest BCUT2D eigenvalue weighted by atomic mass is 10.2. The summed E-state index contributed by atoms with van der Waals surface area (Å²) in [6, 6.07) is 3.60. The van der Waals surface area contributed by atoms with Gasteiger partial charge < -0.3 is 5.11 Å². The summed E-state index contributed by atoms with van der Waals surface area (Å²) in [7, 11) is 0. The predicted molar refractivity (Wildman–Crippen MR) is 49.4 cm³/mol. The van der Waals surface area contributed by atoms with Gasteiger partial charge in [-0.2, -0.15) is 0 Å². The average Bonchev–Trinajstić information content (AvgIpc) is 2.23. The monoisotopic (exact) mass is 206 g/mol.